The molecule has 2 N–H and O–H groups in total. The highest BCUT2D eigenvalue weighted by atomic mass is 35.5. The quantitative estimate of drug-likeness (QED) is 0.662. The zero-order valence-corrected chi connectivity index (χ0v) is 11.3. The van der Waals surface area contributed by atoms with Gasteiger partial charge in [0.05, 0.1) is 0 Å². The maximum Gasteiger partial charge on any atom is 0.156 e. The lowest BCUT2D eigenvalue weighted by Crippen LogP contribution is -2.16. The number of nitrogens with two attached hydrogens (primary N) is 1. The average molecular weight is 272 g/mol. The predicted molar refractivity (Wildman–Crippen MR) is 81.1 cm³/mol. The van der Waals surface area contributed by atoms with Gasteiger partial charge in [-0.1, -0.05) is 41.9 Å². The minimum absolute atomic E-state index is 0.418. The van der Waals surface area contributed by atoms with Crippen LogP contribution in [0.3, 0.4) is 0 Å². The Bertz CT molecular complexity index is 601. The zero-order valence-electron chi connectivity index (χ0n) is 10.5. The van der Waals surface area contributed by atoms with E-state index in [1.807, 2.05) is 42.5 Å². The maximum absolute atomic E-state index is 5.98. The highest BCUT2D eigenvalue weighted by molar-refractivity contribution is 6.30. The molecule has 0 aromatic heterocycles. The molecule has 0 saturated carbocycles. The molecule has 0 aliphatic carbocycles. The van der Waals surface area contributed by atoms with Crippen molar-refractivity contribution in [3.63, 3.8) is 0 Å². The summed E-state index contributed by atoms with van der Waals surface area (Å²) in [4.78, 5) is 8.53. The van der Waals surface area contributed by atoms with E-state index in [4.69, 9.17) is 17.3 Å². The summed E-state index contributed by atoms with van der Waals surface area (Å²) in [6.07, 6.45) is 0. The second-order valence-corrected chi connectivity index (χ2v) is 4.35. The first-order chi connectivity index (χ1) is 9.20. The van der Waals surface area contributed by atoms with Crippen LogP contribution in [0.5, 0.6) is 0 Å². The number of halogens is 1. The maximum atomic E-state index is 5.98. The van der Waals surface area contributed by atoms with Crippen LogP contribution in [0.2, 0.25) is 5.02 Å². The van der Waals surface area contributed by atoms with Crippen molar-refractivity contribution in [2.24, 2.45) is 15.7 Å². The van der Waals surface area contributed by atoms with Crippen molar-refractivity contribution in [2.75, 3.05) is 7.05 Å². The van der Waals surface area contributed by atoms with Crippen LogP contribution < -0.4 is 5.73 Å². The normalized spacial score (nSPS) is 12.5. The summed E-state index contributed by atoms with van der Waals surface area (Å²) in [5, 5.41) is 0.670. The Labute approximate surface area is 117 Å². The van der Waals surface area contributed by atoms with Crippen LogP contribution >= 0.6 is 11.6 Å². The molecular weight excluding hydrogens is 258 g/mol. The van der Waals surface area contributed by atoms with Gasteiger partial charge < -0.3 is 5.73 Å². The molecule has 2 aromatic rings. The molecule has 0 amide bonds. The Balaban J connectivity index is 2.31. The number of aliphatic imine (C=N–C) groups is 2. The molecule has 2 rings (SSSR count). The van der Waals surface area contributed by atoms with Gasteiger partial charge >= 0.3 is 0 Å². The summed E-state index contributed by atoms with van der Waals surface area (Å²) >= 11 is 5.84. The first kappa shape index (κ1) is 13.3. The van der Waals surface area contributed by atoms with Gasteiger partial charge in [-0.3, -0.25) is 4.99 Å². The summed E-state index contributed by atoms with van der Waals surface area (Å²) in [6.45, 7) is 0. The molecule has 96 valence electrons. The fourth-order valence-electron chi connectivity index (χ4n) is 1.63. The van der Waals surface area contributed by atoms with Crippen molar-refractivity contribution in [2.45, 2.75) is 0 Å². The van der Waals surface area contributed by atoms with Crippen LogP contribution in [-0.4, -0.2) is 18.7 Å². The average Bonchev–Trinajstić information content (AvgIpc) is 2.46. The van der Waals surface area contributed by atoms with Crippen LogP contribution in [-0.2, 0) is 0 Å². The molecule has 0 bridgehead atoms. The van der Waals surface area contributed by atoms with Crippen molar-refractivity contribution >= 4 is 23.3 Å². The molecule has 0 atom stereocenters. The van der Waals surface area contributed by atoms with Gasteiger partial charge in [-0.05, 0) is 24.3 Å². The van der Waals surface area contributed by atoms with E-state index in [2.05, 4.69) is 9.98 Å². The molecule has 0 unspecified atom stereocenters. The Kier molecular flexibility index (Phi) is 4.31. The van der Waals surface area contributed by atoms with Gasteiger partial charge in [0.25, 0.3) is 0 Å². The van der Waals surface area contributed by atoms with Crippen molar-refractivity contribution in [3.8, 4) is 0 Å². The molecule has 0 fully saturated rings. The Morgan fingerprint density at radius 3 is 2.16 bits per heavy atom. The Hall–Kier alpha value is -2.13. The summed E-state index contributed by atoms with van der Waals surface area (Å²) in [5.41, 5.74) is 7.74. The van der Waals surface area contributed by atoms with E-state index >= 15 is 0 Å². The van der Waals surface area contributed by atoms with Gasteiger partial charge in [-0.25, -0.2) is 4.99 Å². The topological polar surface area (TPSA) is 50.7 Å². The van der Waals surface area contributed by atoms with Crippen LogP contribution in [0.15, 0.2) is 64.6 Å². The van der Waals surface area contributed by atoms with E-state index in [9.17, 15) is 0 Å². The Morgan fingerprint density at radius 1 is 0.947 bits per heavy atom. The highest BCUT2D eigenvalue weighted by Gasteiger charge is 2.03. The lowest BCUT2D eigenvalue weighted by atomic mass is 10.2. The van der Waals surface area contributed by atoms with Gasteiger partial charge in [-0.15, -0.1) is 0 Å². The fraction of sp³-hybridized carbons (Fsp3) is 0.0667. The van der Waals surface area contributed by atoms with Crippen molar-refractivity contribution < 1.29 is 0 Å². The minimum Gasteiger partial charge on any atom is -0.383 e. The van der Waals surface area contributed by atoms with Crippen molar-refractivity contribution in [3.05, 3.63) is 70.7 Å². The number of nitrogens with zero attached hydrogens (tertiary/aromatic N) is 2. The van der Waals surface area contributed by atoms with Crippen molar-refractivity contribution in [1.29, 1.82) is 0 Å². The number of amidine groups is 2. The number of hydrogen-bond donors (Lipinski definition) is 1. The predicted octanol–water partition coefficient (Wildman–Crippen LogP) is 3.12. The summed E-state index contributed by atoms with van der Waals surface area (Å²) < 4.78 is 0. The van der Waals surface area contributed by atoms with E-state index < -0.39 is 0 Å². The molecule has 0 aliphatic heterocycles. The van der Waals surface area contributed by atoms with Crippen molar-refractivity contribution in [1.82, 2.24) is 0 Å². The van der Waals surface area contributed by atoms with Gasteiger partial charge in [0.15, 0.2) is 5.84 Å². The number of rotatable bonds is 2. The standard InChI is InChI=1S/C15H14ClN3/c1-18-15(12-5-3-2-4-6-12)19-14(17)11-7-9-13(16)10-8-11/h2-10H,1H3,(H2,17,18,19). The molecule has 0 heterocycles. The molecule has 2 aromatic carbocycles. The zero-order chi connectivity index (χ0) is 13.7. The van der Waals surface area contributed by atoms with Gasteiger partial charge in [-0.2, -0.15) is 0 Å². The van der Waals surface area contributed by atoms with Gasteiger partial charge in [0, 0.05) is 23.2 Å². The SMILES string of the molecule is CN=C(N=C(N)c1ccc(Cl)cc1)c1ccccc1. The molecular formula is C15H14ClN3. The molecule has 19 heavy (non-hydrogen) atoms. The molecule has 0 aliphatic rings. The van der Waals surface area contributed by atoms with Crippen LogP contribution in [0.1, 0.15) is 11.1 Å². The van der Waals surface area contributed by atoms with E-state index in [0.717, 1.165) is 11.1 Å². The van der Waals surface area contributed by atoms with Crippen LogP contribution in [0.25, 0.3) is 0 Å². The third-order valence-corrected chi connectivity index (χ3v) is 2.86. The minimum atomic E-state index is 0.418. The van der Waals surface area contributed by atoms with Gasteiger partial charge in [0.2, 0.25) is 0 Å². The van der Waals surface area contributed by atoms with Crippen LogP contribution in [0, 0.1) is 0 Å². The van der Waals surface area contributed by atoms with E-state index in [0.29, 0.717) is 16.7 Å². The largest absolute Gasteiger partial charge is 0.383 e. The molecule has 4 heteroatoms. The first-order valence-electron chi connectivity index (χ1n) is 5.83. The monoisotopic (exact) mass is 271 g/mol. The van der Waals surface area contributed by atoms with E-state index in [-0.39, 0.29) is 0 Å². The molecule has 3 nitrogen and oxygen atoms in total. The fourth-order valence-corrected chi connectivity index (χ4v) is 1.76. The highest BCUT2D eigenvalue weighted by Crippen LogP contribution is 2.10. The first-order valence-corrected chi connectivity index (χ1v) is 6.21. The molecule has 0 radical (unpaired) electrons. The second-order valence-electron chi connectivity index (χ2n) is 3.92. The third-order valence-electron chi connectivity index (χ3n) is 2.61. The Morgan fingerprint density at radius 2 is 1.58 bits per heavy atom. The number of hydrogen-bond acceptors (Lipinski definition) is 1. The second kappa shape index (κ2) is 6.16. The van der Waals surface area contributed by atoms with Gasteiger partial charge in [0.1, 0.15) is 5.84 Å². The van der Waals surface area contributed by atoms with E-state index in [1.165, 1.54) is 0 Å². The molecule has 0 spiro atoms. The summed E-state index contributed by atoms with van der Waals surface area (Å²) in [7, 11) is 1.70. The third kappa shape index (κ3) is 3.42. The lowest BCUT2D eigenvalue weighted by Gasteiger charge is -2.04. The number of benzene rings is 2. The lowest BCUT2D eigenvalue weighted by molar-refractivity contribution is 1.37. The van der Waals surface area contributed by atoms with E-state index in [1.54, 1.807) is 19.2 Å². The summed E-state index contributed by atoms with van der Waals surface area (Å²) in [5.74, 6) is 1.02. The molecule has 0 saturated heterocycles. The smallest absolute Gasteiger partial charge is 0.156 e. The van der Waals surface area contributed by atoms with Crippen LogP contribution in [0.4, 0.5) is 0 Å². The summed E-state index contributed by atoms with van der Waals surface area (Å²) in [6, 6.07) is 16.9.